The first-order valence-electron chi connectivity index (χ1n) is 9.73. The third kappa shape index (κ3) is 6.03. The summed E-state index contributed by atoms with van der Waals surface area (Å²) in [4.78, 5) is 0. The normalized spacial score (nSPS) is 14.8. The van der Waals surface area contributed by atoms with Crippen LogP contribution < -0.4 is 0 Å². The molecular weight excluding hydrogens is 300 g/mol. The van der Waals surface area contributed by atoms with Crippen LogP contribution in [0.25, 0.3) is 16.8 Å². The minimum Gasteiger partial charge on any atom is -0.0693 e. The molecule has 0 spiro atoms. The van der Waals surface area contributed by atoms with E-state index in [0.717, 1.165) is 0 Å². The van der Waals surface area contributed by atoms with Gasteiger partial charge in [0.15, 0.2) is 0 Å². The molecule has 0 heterocycles. The SMILES string of the molecule is CC(CC(=Cc1cccc2ccccc12)CCC(C)(C)C)C(C)(C)C. The molecule has 0 amide bonds. The van der Waals surface area contributed by atoms with E-state index in [0.29, 0.717) is 16.7 Å². The summed E-state index contributed by atoms with van der Waals surface area (Å²) in [7, 11) is 0. The fourth-order valence-corrected chi connectivity index (χ4v) is 3.06. The Morgan fingerprint density at radius 3 is 2.20 bits per heavy atom. The average molecular weight is 337 g/mol. The Balaban J connectivity index is 2.37. The summed E-state index contributed by atoms with van der Waals surface area (Å²) in [5.74, 6) is 0.675. The summed E-state index contributed by atoms with van der Waals surface area (Å²) in [5.41, 5.74) is 3.68. The van der Waals surface area contributed by atoms with Crippen molar-refractivity contribution in [1.82, 2.24) is 0 Å². The molecule has 1 atom stereocenters. The maximum absolute atomic E-state index is 2.47. The van der Waals surface area contributed by atoms with Crippen molar-refractivity contribution in [2.24, 2.45) is 16.7 Å². The number of hydrogen-bond donors (Lipinski definition) is 0. The first kappa shape index (κ1) is 19.8. The van der Waals surface area contributed by atoms with Crippen LogP contribution in [0.3, 0.4) is 0 Å². The third-order valence-electron chi connectivity index (χ3n) is 5.43. The summed E-state index contributed by atoms with van der Waals surface area (Å²) in [6.07, 6.45) is 6.08. The van der Waals surface area contributed by atoms with Crippen molar-refractivity contribution >= 4 is 16.8 Å². The van der Waals surface area contributed by atoms with Gasteiger partial charge < -0.3 is 0 Å². The summed E-state index contributed by atoms with van der Waals surface area (Å²) >= 11 is 0. The Morgan fingerprint density at radius 1 is 0.920 bits per heavy atom. The fourth-order valence-electron chi connectivity index (χ4n) is 3.06. The van der Waals surface area contributed by atoms with E-state index in [4.69, 9.17) is 0 Å². The first-order valence-corrected chi connectivity index (χ1v) is 9.73. The highest BCUT2D eigenvalue weighted by Gasteiger charge is 2.22. The van der Waals surface area contributed by atoms with Crippen molar-refractivity contribution in [2.75, 3.05) is 0 Å². The molecule has 2 aromatic rings. The standard InChI is InChI=1S/C25H36/c1-19(25(5,6)7)17-20(15-16-24(2,3)4)18-22-13-10-12-21-11-8-9-14-23(21)22/h8-14,18-19H,15-17H2,1-7H3. The molecule has 0 aliphatic heterocycles. The van der Waals surface area contributed by atoms with Gasteiger partial charge in [-0.15, -0.1) is 0 Å². The van der Waals surface area contributed by atoms with E-state index in [2.05, 4.69) is 97.0 Å². The van der Waals surface area contributed by atoms with Gasteiger partial charge in [0, 0.05) is 0 Å². The molecule has 0 aromatic heterocycles. The monoisotopic (exact) mass is 336 g/mol. The zero-order chi connectivity index (χ0) is 18.7. The molecule has 0 N–H and O–H groups in total. The van der Waals surface area contributed by atoms with Gasteiger partial charge in [-0.05, 0) is 52.3 Å². The second-order valence-corrected chi connectivity index (χ2v) is 9.90. The van der Waals surface area contributed by atoms with Crippen LogP contribution in [0.1, 0.15) is 73.3 Å². The highest BCUT2D eigenvalue weighted by Crippen LogP contribution is 2.35. The zero-order valence-corrected chi connectivity index (χ0v) is 17.3. The van der Waals surface area contributed by atoms with Crippen LogP contribution in [-0.2, 0) is 0 Å². The lowest BCUT2D eigenvalue weighted by Crippen LogP contribution is -2.18. The quantitative estimate of drug-likeness (QED) is 0.517. The third-order valence-corrected chi connectivity index (χ3v) is 5.43. The van der Waals surface area contributed by atoms with Crippen LogP contribution >= 0.6 is 0 Å². The molecule has 0 bridgehead atoms. The van der Waals surface area contributed by atoms with Crippen molar-refractivity contribution in [3.63, 3.8) is 0 Å². The van der Waals surface area contributed by atoms with Crippen molar-refractivity contribution in [3.05, 3.63) is 53.6 Å². The van der Waals surface area contributed by atoms with Gasteiger partial charge in [-0.3, -0.25) is 0 Å². The lowest BCUT2D eigenvalue weighted by molar-refractivity contribution is 0.256. The van der Waals surface area contributed by atoms with E-state index in [9.17, 15) is 0 Å². The molecule has 0 saturated carbocycles. The summed E-state index contributed by atoms with van der Waals surface area (Å²) in [6, 6.07) is 15.4. The average Bonchev–Trinajstić information content (AvgIpc) is 2.51. The van der Waals surface area contributed by atoms with Crippen LogP contribution in [0.5, 0.6) is 0 Å². The van der Waals surface area contributed by atoms with Gasteiger partial charge in [0.25, 0.3) is 0 Å². The predicted octanol–water partition coefficient (Wildman–Crippen LogP) is 8.12. The van der Waals surface area contributed by atoms with E-state index in [1.54, 1.807) is 5.57 Å². The van der Waals surface area contributed by atoms with Gasteiger partial charge in [-0.25, -0.2) is 0 Å². The topological polar surface area (TPSA) is 0 Å². The second-order valence-electron chi connectivity index (χ2n) is 9.90. The molecular formula is C25H36. The van der Waals surface area contributed by atoms with Gasteiger partial charge in [0.1, 0.15) is 0 Å². The zero-order valence-electron chi connectivity index (χ0n) is 17.3. The lowest BCUT2D eigenvalue weighted by Gasteiger charge is -2.29. The molecule has 25 heavy (non-hydrogen) atoms. The lowest BCUT2D eigenvalue weighted by atomic mass is 9.76. The van der Waals surface area contributed by atoms with Gasteiger partial charge in [-0.1, -0.05) is 103 Å². The minimum absolute atomic E-state index is 0.347. The number of allylic oxidation sites excluding steroid dienone is 1. The van der Waals surface area contributed by atoms with Crippen LogP contribution in [0, 0.1) is 16.7 Å². The number of benzene rings is 2. The van der Waals surface area contributed by atoms with Gasteiger partial charge in [0.05, 0.1) is 0 Å². The largest absolute Gasteiger partial charge is 0.0693 e. The molecule has 1 unspecified atom stereocenters. The molecule has 136 valence electrons. The predicted molar refractivity (Wildman–Crippen MR) is 114 cm³/mol. The van der Waals surface area contributed by atoms with E-state index in [-0.39, 0.29) is 0 Å². The Morgan fingerprint density at radius 2 is 1.56 bits per heavy atom. The van der Waals surface area contributed by atoms with Gasteiger partial charge in [0.2, 0.25) is 0 Å². The van der Waals surface area contributed by atoms with Gasteiger partial charge in [-0.2, -0.15) is 0 Å². The molecule has 0 nitrogen and oxygen atoms in total. The van der Waals surface area contributed by atoms with Crippen molar-refractivity contribution in [3.8, 4) is 0 Å². The summed E-state index contributed by atoms with van der Waals surface area (Å²) < 4.78 is 0. The summed E-state index contributed by atoms with van der Waals surface area (Å²) in [5, 5.41) is 2.69. The van der Waals surface area contributed by atoms with Crippen molar-refractivity contribution < 1.29 is 0 Å². The Kier molecular flexibility index (Phi) is 6.14. The Labute approximate surface area is 155 Å². The first-order chi connectivity index (χ1) is 11.6. The maximum Gasteiger partial charge on any atom is -0.0111 e. The number of rotatable bonds is 5. The highest BCUT2D eigenvalue weighted by molar-refractivity contribution is 5.90. The van der Waals surface area contributed by atoms with E-state index in [1.807, 2.05) is 0 Å². The molecule has 0 radical (unpaired) electrons. The molecule has 0 aliphatic carbocycles. The fraction of sp³-hybridized carbons (Fsp3) is 0.520. The molecule has 2 rings (SSSR count). The number of fused-ring (bicyclic) bond motifs is 1. The van der Waals surface area contributed by atoms with Crippen LogP contribution in [0.2, 0.25) is 0 Å². The Hall–Kier alpha value is -1.56. The van der Waals surface area contributed by atoms with Crippen LogP contribution in [0.4, 0.5) is 0 Å². The van der Waals surface area contributed by atoms with E-state index >= 15 is 0 Å². The van der Waals surface area contributed by atoms with Gasteiger partial charge >= 0.3 is 0 Å². The van der Waals surface area contributed by atoms with Crippen molar-refractivity contribution in [1.29, 1.82) is 0 Å². The minimum atomic E-state index is 0.347. The van der Waals surface area contributed by atoms with Crippen molar-refractivity contribution in [2.45, 2.75) is 67.7 Å². The molecule has 0 heteroatoms. The Bertz CT molecular complexity index is 714. The molecule has 0 saturated heterocycles. The highest BCUT2D eigenvalue weighted by atomic mass is 14.3. The van der Waals surface area contributed by atoms with Crippen LogP contribution in [0.15, 0.2) is 48.0 Å². The molecule has 0 aliphatic rings. The van der Waals surface area contributed by atoms with E-state index in [1.165, 1.54) is 35.6 Å². The second kappa shape index (κ2) is 7.77. The van der Waals surface area contributed by atoms with E-state index < -0.39 is 0 Å². The smallest absolute Gasteiger partial charge is 0.0111 e. The molecule has 0 fully saturated rings. The maximum atomic E-state index is 2.47. The van der Waals surface area contributed by atoms with Crippen LogP contribution in [-0.4, -0.2) is 0 Å². The number of hydrogen-bond acceptors (Lipinski definition) is 0. The summed E-state index contributed by atoms with van der Waals surface area (Å²) in [6.45, 7) is 16.5. The molecule has 2 aromatic carbocycles.